The Balaban J connectivity index is 1.13. The minimum absolute atomic E-state index is 0.0270. The topological polar surface area (TPSA) is 131 Å². The standard InChI is InChI=1S/C29H31FN6O5/c30-25-14-22(36-17-23(41-29(36)39)7-9-26(31)37)6-8-24(25)21-15-32-28(33-16-21)35-12-10-34(11-13-35)27(38)19-40-18-20-4-2-1-3-5-20/h1-6,8,14-16,23H,7,9-13,17-19H2,(H2,31,37). The first-order valence-electron chi connectivity index (χ1n) is 13.4. The number of rotatable bonds is 10. The van der Waals surface area contributed by atoms with Gasteiger partial charge in [-0.15, -0.1) is 0 Å². The first-order valence-corrected chi connectivity index (χ1v) is 13.4. The van der Waals surface area contributed by atoms with Crippen molar-refractivity contribution in [3.63, 3.8) is 0 Å². The second kappa shape index (κ2) is 12.7. The van der Waals surface area contributed by atoms with Crippen LogP contribution in [0.1, 0.15) is 18.4 Å². The molecule has 2 aliphatic rings. The second-order valence-corrected chi connectivity index (χ2v) is 9.90. The number of nitrogens with two attached hydrogens (primary N) is 1. The summed E-state index contributed by atoms with van der Waals surface area (Å²) < 4.78 is 25.9. The molecular formula is C29H31FN6O5. The van der Waals surface area contributed by atoms with Crippen molar-refractivity contribution < 1.29 is 28.2 Å². The van der Waals surface area contributed by atoms with E-state index in [2.05, 4.69) is 9.97 Å². The van der Waals surface area contributed by atoms with Gasteiger partial charge in [-0.3, -0.25) is 14.5 Å². The Bertz CT molecular complexity index is 1380. The number of primary amides is 1. The molecule has 3 aromatic rings. The molecule has 1 atom stereocenters. The Morgan fingerprint density at radius 1 is 1.05 bits per heavy atom. The van der Waals surface area contributed by atoms with Gasteiger partial charge in [0.2, 0.25) is 17.8 Å². The van der Waals surface area contributed by atoms with E-state index in [9.17, 15) is 14.4 Å². The lowest BCUT2D eigenvalue weighted by molar-refractivity contribution is -0.136. The number of hydrogen-bond acceptors (Lipinski definition) is 8. The molecule has 0 saturated carbocycles. The highest BCUT2D eigenvalue weighted by Crippen LogP contribution is 2.29. The Morgan fingerprint density at radius 3 is 2.46 bits per heavy atom. The van der Waals surface area contributed by atoms with Crippen molar-refractivity contribution in [1.29, 1.82) is 0 Å². The molecule has 1 unspecified atom stereocenters. The average molecular weight is 563 g/mol. The quantitative estimate of drug-likeness (QED) is 0.399. The second-order valence-electron chi connectivity index (χ2n) is 9.90. The van der Waals surface area contributed by atoms with Gasteiger partial charge >= 0.3 is 6.09 Å². The van der Waals surface area contributed by atoms with Crippen molar-refractivity contribution in [1.82, 2.24) is 14.9 Å². The largest absolute Gasteiger partial charge is 0.444 e. The predicted molar refractivity (Wildman–Crippen MR) is 148 cm³/mol. The zero-order chi connectivity index (χ0) is 28.8. The molecule has 41 heavy (non-hydrogen) atoms. The fourth-order valence-electron chi connectivity index (χ4n) is 4.79. The molecule has 3 amide bonds. The fraction of sp³-hybridized carbons (Fsp3) is 0.345. The number of ether oxygens (including phenoxy) is 2. The van der Waals surface area contributed by atoms with Crippen molar-refractivity contribution in [2.24, 2.45) is 5.73 Å². The fourth-order valence-corrected chi connectivity index (χ4v) is 4.79. The first kappa shape index (κ1) is 28.0. The third-order valence-electron chi connectivity index (χ3n) is 7.05. The lowest BCUT2D eigenvalue weighted by Gasteiger charge is -2.34. The van der Waals surface area contributed by atoms with Gasteiger partial charge in [-0.1, -0.05) is 30.3 Å². The van der Waals surface area contributed by atoms with Gasteiger partial charge in [-0.2, -0.15) is 0 Å². The van der Waals surface area contributed by atoms with Gasteiger partial charge in [0.25, 0.3) is 0 Å². The summed E-state index contributed by atoms with van der Waals surface area (Å²) in [7, 11) is 0. The molecule has 12 heteroatoms. The highest BCUT2D eigenvalue weighted by atomic mass is 19.1. The maximum Gasteiger partial charge on any atom is 0.414 e. The van der Waals surface area contributed by atoms with Crippen LogP contribution in [-0.2, 0) is 25.7 Å². The minimum Gasteiger partial charge on any atom is -0.444 e. The van der Waals surface area contributed by atoms with Gasteiger partial charge < -0.3 is 25.0 Å². The summed E-state index contributed by atoms with van der Waals surface area (Å²) in [6.45, 7) is 2.81. The van der Waals surface area contributed by atoms with Crippen molar-refractivity contribution >= 4 is 29.5 Å². The van der Waals surface area contributed by atoms with Gasteiger partial charge in [0.05, 0.1) is 18.8 Å². The van der Waals surface area contributed by atoms with Crippen LogP contribution in [0.5, 0.6) is 0 Å². The SMILES string of the molecule is NC(=O)CCC1CN(c2ccc(-c3cnc(N4CCN(C(=O)COCc5ccccc5)CC4)nc3)c(F)c2)C(=O)O1. The molecule has 2 fully saturated rings. The molecule has 2 saturated heterocycles. The lowest BCUT2D eigenvalue weighted by atomic mass is 10.1. The van der Waals surface area contributed by atoms with Crippen molar-refractivity contribution in [3.8, 4) is 11.1 Å². The number of piperazine rings is 1. The molecule has 2 aromatic carbocycles. The van der Waals surface area contributed by atoms with E-state index in [1.807, 2.05) is 35.2 Å². The monoisotopic (exact) mass is 562 g/mol. The zero-order valence-electron chi connectivity index (χ0n) is 22.4. The van der Waals surface area contributed by atoms with Crippen LogP contribution in [0.15, 0.2) is 60.9 Å². The maximum atomic E-state index is 15.1. The van der Waals surface area contributed by atoms with Crippen LogP contribution in [0, 0.1) is 5.82 Å². The van der Waals surface area contributed by atoms with E-state index in [4.69, 9.17) is 15.2 Å². The maximum absolute atomic E-state index is 15.1. The third kappa shape index (κ3) is 6.95. The highest BCUT2D eigenvalue weighted by Gasteiger charge is 2.32. The zero-order valence-corrected chi connectivity index (χ0v) is 22.4. The summed E-state index contributed by atoms with van der Waals surface area (Å²) in [4.78, 5) is 49.7. The normalized spacial score (nSPS) is 17.0. The van der Waals surface area contributed by atoms with E-state index in [1.165, 1.54) is 11.0 Å². The number of anilines is 2. The van der Waals surface area contributed by atoms with E-state index >= 15 is 4.39 Å². The smallest absolute Gasteiger partial charge is 0.414 e. The molecule has 0 aliphatic carbocycles. The van der Waals surface area contributed by atoms with Crippen molar-refractivity contribution in [2.75, 3.05) is 49.1 Å². The molecule has 1 aromatic heterocycles. The number of halogens is 1. The molecule has 0 bridgehead atoms. The van der Waals surface area contributed by atoms with Crippen molar-refractivity contribution in [2.45, 2.75) is 25.6 Å². The summed E-state index contributed by atoms with van der Waals surface area (Å²) in [5.74, 6) is -0.561. The summed E-state index contributed by atoms with van der Waals surface area (Å²) in [5, 5.41) is 0. The number of cyclic esters (lactones) is 1. The van der Waals surface area contributed by atoms with Crippen LogP contribution < -0.4 is 15.5 Å². The number of hydrogen-bond donors (Lipinski definition) is 1. The van der Waals surface area contributed by atoms with E-state index in [1.54, 1.807) is 29.4 Å². The van der Waals surface area contributed by atoms with Crippen LogP contribution in [-0.4, -0.2) is 78.2 Å². The van der Waals surface area contributed by atoms with Gasteiger partial charge in [0, 0.05) is 56.1 Å². The Kier molecular flexibility index (Phi) is 8.68. The molecule has 5 rings (SSSR count). The highest BCUT2D eigenvalue weighted by molar-refractivity contribution is 5.90. The number of aromatic nitrogens is 2. The van der Waals surface area contributed by atoms with Crippen LogP contribution in [0.25, 0.3) is 11.1 Å². The van der Waals surface area contributed by atoms with Gasteiger partial charge in [-0.05, 0) is 30.2 Å². The number of amides is 3. The summed E-state index contributed by atoms with van der Waals surface area (Å²) in [6, 6.07) is 14.2. The van der Waals surface area contributed by atoms with Crippen LogP contribution >= 0.6 is 0 Å². The molecule has 0 spiro atoms. The summed E-state index contributed by atoms with van der Waals surface area (Å²) >= 11 is 0. The van der Waals surface area contributed by atoms with E-state index in [0.29, 0.717) is 62.0 Å². The van der Waals surface area contributed by atoms with Crippen LogP contribution in [0.3, 0.4) is 0 Å². The van der Waals surface area contributed by atoms with E-state index in [-0.39, 0.29) is 25.5 Å². The number of nitrogens with zero attached hydrogens (tertiary/aromatic N) is 5. The number of carbonyl (C=O) groups excluding carboxylic acids is 3. The molecule has 2 N–H and O–H groups in total. The Morgan fingerprint density at radius 2 is 1.78 bits per heavy atom. The molecule has 3 heterocycles. The molecule has 2 aliphatic heterocycles. The van der Waals surface area contributed by atoms with Crippen LogP contribution in [0.2, 0.25) is 0 Å². The first-order chi connectivity index (χ1) is 19.9. The minimum atomic E-state index is -0.596. The third-order valence-corrected chi connectivity index (χ3v) is 7.05. The summed E-state index contributed by atoms with van der Waals surface area (Å²) in [6.07, 6.45) is 2.45. The molecular weight excluding hydrogens is 531 g/mol. The van der Waals surface area contributed by atoms with E-state index in [0.717, 1.165) is 5.56 Å². The predicted octanol–water partition coefficient (Wildman–Crippen LogP) is 2.74. The molecule has 0 radical (unpaired) electrons. The number of carbonyl (C=O) groups is 3. The Labute approximate surface area is 236 Å². The summed E-state index contributed by atoms with van der Waals surface area (Å²) in [5.41, 5.74) is 7.33. The van der Waals surface area contributed by atoms with Crippen LogP contribution in [0.4, 0.5) is 20.8 Å². The van der Waals surface area contributed by atoms with Gasteiger partial charge in [-0.25, -0.2) is 19.2 Å². The Hall–Kier alpha value is -4.58. The molecule has 214 valence electrons. The van der Waals surface area contributed by atoms with Gasteiger partial charge in [0.15, 0.2) is 0 Å². The van der Waals surface area contributed by atoms with Crippen molar-refractivity contribution in [3.05, 3.63) is 72.3 Å². The average Bonchev–Trinajstić information content (AvgIpc) is 3.37. The van der Waals surface area contributed by atoms with E-state index < -0.39 is 23.9 Å². The lowest BCUT2D eigenvalue weighted by Crippen LogP contribution is -2.50. The number of benzene rings is 2. The molecule has 11 nitrogen and oxygen atoms in total. The van der Waals surface area contributed by atoms with Gasteiger partial charge in [0.1, 0.15) is 18.5 Å².